The second kappa shape index (κ2) is 5.71. The molecule has 0 amide bonds. The molecule has 0 saturated carbocycles. The minimum atomic E-state index is -1.12. The van der Waals surface area contributed by atoms with Crippen molar-refractivity contribution in [1.82, 2.24) is 19.9 Å². The van der Waals surface area contributed by atoms with Crippen LogP contribution in [0.25, 0.3) is 22.3 Å². The van der Waals surface area contributed by atoms with E-state index in [1.165, 1.54) is 0 Å². The molecule has 0 bridgehead atoms. The molecule has 0 radical (unpaired) electrons. The molecule has 0 fully saturated rings. The molecule has 3 heterocycles. The van der Waals surface area contributed by atoms with Gasteiger partial charge in [0.2, 0.25) is 0 Å². The van der Waals surface area contributed by atoms with Gasteiger partial charge < -0.3 is 9.63 Å². The van der Waals surface area contributed by atoms with Crippen LogP contribution < -0.4 is 0 Å². The number of halogens is 2. The summed E-state index contributed by atoms with van der Waals surface area (Å²) in [5, 5.41) is 20.1. The van der Waals surface area contributed by atoms with Crippen molar-refractivity contribution in [3.05, 3.63) is 26.7 Å². The summed E-state index contributed by atoms with van der Waals surface area (Å²) >= 11 is 8.41. The van der Waals surface area contributed by atoms with E-state index in [0.717, 1.165) is 10.9 Å². The van der Waals surface area contributed by atoms with Crippen molar-refractivity contribution in [3.8, 4) is 11.4 Å². The summed E-state index contributed by atoms with van der Waals surface area (Å²) in [7, 11) is 0. The Balaban J connectivity index is 2.32. The van der Waals surface area contributed by atoms with Gasteiger partial charge in [0.05, 0.1) is 14.5 Å². The monoisotopic (exact) mass is 446 g/mol. The lowest BCUT2D eigenvalue weighted by atomic mass is 10.1. The van der Waals surface area contributed by atoms with Crippen LogP contribution in [0.15, 0.2) is 16.8 Å². The number of aliphatic hydroxyl groups is 1. The quantitative estimate of drug-likeness (QED) is 0.483. The SMILES string of the molecule is CC(C)n1nc(-c2noc(C(C)(C)O)c2I)c2c(Cl)nccc21. The molecule has 0 aliphatic rings. The van der Waals surface area contributed by atoms with E-state index in [-0.39, 0.29) is 6.04 Å². The molecule has 3 aromatic rings. The molecule has 8 heteroatoms. The Morgan fingerprint density at radius 3 is 2.61 bits per heavy atom. The van der Waals surface area contributed by atoms with Gasteiger partial charge in [-0.05, 0) is 56.4 Å². The van der Waals surface area contributed by atoms with Crippen LogP contribution in [0.5, 0.6) is 0 Å². The predicted octanol–water partition coefficient (Wildman–Crippen LogP) is 4.15. The van der Waals surface area contributed by atoms with Crippen molar-refractivity contribution < 1.29 is 9.63 Å². The summed E-state index contributed by atoms with van der Waals surface area (Å²) in [4.78, 5) is 4.15. The highest BCUT2D eigenvalue weighted by atomic mass is 127. The molecule has 0 aliphatic carbocycles. The molecule has 23 heavy (non-hydrogen) atoms. The zero-order chi connectivity index (χ0) is 16.9. The van der Waals surface area contributed by atoms with Crippen molar-refractivity contribution in [2.75, 3.05) is 0 Å². The lowest BCUT2D eigenvalue weighted by Crippen LogP contribution is -2.15. The Kier molecular flexibility index (Phi) is 4.14. The first-order valence-electron chi connectivity index (χ1n) is 7.13. The minimum absolute atomic E-state index is 0.156. The molecule has 0 atom stereocenters. The highest BCUT2D eigenvalue weighted by Crippen LogP contribution is 2.38. The molecule has 3 rings (SSSR count). The normalized spacial score (nSPS) is 12.5. The first-order chi connectivity index (χ1) is 10.7. The fraction of sp³-hybridized carbons (Fsp3) is 0.400. The van der Waals surface area contributed by atoms with Gasteiger partial charge >= 0.3 is 0 Å². The summed E-state index contributed by atoms with van der Waals surface area (Å²) in [6.07, 6.45) is 1.66. The molecular formula is C15H16ClIN4O2. The molecular weight excluding hydrogens is 431 g/mol. The molecule has 122 valence electrons. The van der Waals surface area contributed by atoms with Gasteiger partial charge in [0.1, 0.15) is 22.1 Å². The molecule has 1 N–H and O–H groups in total. The van der Waals surface area contributed by atoms with Crippen LogP contribution in [-0.2, 0) is 5.60 Å². The van der Waals surface area contributed by atoms with Crippen LogP contribution in [-0.4, -0.2) is 25.0 Å². The number of rotatable bonds is 3. The first kappa shape index (κ1) is 16.7. The van der Waals surface area contributed by atoms with E-state index < -0.39 is 5.60 Å². The zero-order valence-corrected chi connectivity index (χ0v) is 16.0. The molecule has 3 aromatic heterocycles. The third-order valence-electron chi connectivity index (χ3n) is 3.48. The molecule has 0 aromatic carbocycles. The van der Waals surface area contributed by atoms with Crippen molar-refractivity contribution in [3.63, 3.8) is 0 Å². The fourth-order valence-corrected chi connectivity index (χ4v) is 3.77. The summed E-state index contributed by atoms with van der Waals surface area (Å²) in [5.74, 6) is 0.403. The van der Waals surface area contributed by atoms with Crippen LogP contribution in [0.2, 0.25) is 5.15 Å². The molecule has 6 nitrogen and oxygen atoms in total. The first-order valence-corrected chi connectivity index (χ1v) is 8.58. The van der Waals surface area contributed by atoms with E-state index in [4.69, 9.17) is 16.1 Å². The number of nitrogens with zero attached hydrogens (tertiary/aromatic N) is 4. The van der Waals surface area contributed by atoms with Crippen LogP contribution >= 0.6 is 34.2 Å². The third-order valence-corrected chi connectivity index (χ3v) is 4.77. The molecule has 0 spiro atoms. The number of pyridine rings is 1. The van der Waals surface area contributed by atoms with Crippen LogP contribution in [0, 0.1) is 3.57 Å². The predicted molar refractivity (Wildman–Crippen MR) is 96.4 cm³/mol. The number of hydrogen-bond donors (Lipinski definition) is 1. The van der Waals surface area contributed by atoms with Gasteiger partial charge in [0, 0.05) is 12.2 Å². The Hall–Kier alpha value is -1.19. The van der Waals surface area contributed by atoms with Crippen molar-refractivity contribution in [2.45, 2.75) is 39.3 Å². The van der Waals surface area contributed by atoms with Crippen LogP contribution in [0.4, 0.5) is 0 Å². The van der Waals surface area contributed by atoms with Crippen molar-refractivity contribution in [2.24, 2.45) is 0 Å². The highest BCUT2D eigenvalue weighted by Gasteiger charge is 2.30. The maximum atomic E-state index is 10.2. The zero-order valence-electron chi connectivity index (χ0n) is 13.1. The van der Waals surface area contributed by atoms with E-state index in [0.29, 0.717) is 25.9 Å². The average molecular weight is 447 g/mol. The van der Waals surface area contributed by atoms with Gasteiger partial charge in [-0.1, -0.05) is 16.8 Å². The maximum Gasteiger partial charge on any atom is 0.181 e. The van der Waals surface area contributed by atoms with Gasteiger partial charge in [-0.3, -0.25) is 4.68 Å². The molecule has 0 unspecified atom stereocenters. The maximum absolute atomic E-state index is 10.2. The minimum Gasteiger partial charge on any atom is -0.382 e. The second-order valence-corrected chi connectivity index (χ2v) is 7.55. The number of fused-ring (bicyclic) bond motifs is 1. The standard InChI is InChI=1S/C15H16ClIN4O2/c1-7(2)21-8-5-6-18-14(16)9(8)11(19-21)12-10(17)13(23-20-12)15(3,4)22/h5-7,22H,1-4H3. The fourth-order valence-electron chi connectivity index (χ4n) is 2.41. The Morgan fingerprint density at radius 2 is 2.04 bits per heavy atom. The van der Waals surface area contributed by atoms with Gasteiger partial charge in [0.15, 0.2) is 5.76 Å². The van der Waals surface area contributed by atoms with Gasteiger partial charge in [0.25, 0.3) is 0 Å². The van der Waals surface area contributed by atoms with E-state index in [2.05, 4.69) is 37.8 Å². The number of aromatic nitrogens is 4. The van der Waals surface area contributed by atoms with Crippen LogP contribution in [0.3, 0.4) is 0 Å². The van der Waals surface area contributed by atoms with Gasteiger partial charge in [-0.25, -0.2) is 4.98 Å². The number of hydrogen-bond acceptors (Lipinski definition) is 5. The summed E-state index contributed by atoms with van der Waals surface area (Å²) in [5.41, 5.74) is 0.927. The summed E-state index contributed by atoms with van der Waals surface area (Å²) in [6.45, 7) is 7.39. The second-order valence-electron chi connectivity index (χ2n) is 6.12. The van der Waals surface area contributed by atoms with Gasteiger partial charge in [-0.15, -0.1) is 0 Å². The summed E-state index contributed by atoms with van der Waals surface area (Å²) < 4.78 is 7.95. The third kappa shape index (κ3) is 2.74. The van der Waals surface area contributed by atoms with Crippen molar-refractivity contribution >= 4 is 45.1 Å². The molecule has 0 aliphatic heterocycles. The Morgan fingerprint density at radius 1 is 1.35 bits per heavy atom. The van der Waals surface area contributed by atoms with E-state index in [1.807, 2.05) is 24.6 Å². The van der Waals surface area contributed by atoms with E-state index in [9.17, 15) is 5.11 Å². The van der Waals surface area contributed by atoms with Gasteiger partial charge in [-0.2, -0.15) is 5.10 Å². The van der Waals surface area contributed by atoms with E-state index in [1.54, 1.807) is 20.0 Å². The Bertz CT molecular complexity index is 880. The highest BCUT2D eigenvalue weighted by molar-refractivity contribution is 14.1. The lowest BCUT2D eigenvalue weighted by Gasteiger charge is -2.12. The largest absolute Gasteiger partial charge is 0.382 e. The summed E-state index contributed by atoms with van der Waals surface area (Å²) in [6, 6.07) is 2.03. The average Bonchev–Trinajstić information content (AvgIpc) is 2.99. The Labute approximate surface area is 152 Å². The van der Waals surface area contributed by atoms with E-state index >= 15 is 0 Å². The van der Waals surface area contributed by atoms with Crippen LogP contribution in [0.1, 0.15) is 39.5 Å². The molecule has 0 saturated heterocycles. The smallest absolute Gasteiger partial charge is 0.181 e. The topological polar surface area (TPSA) is 77.0 Å². The van der Waals surface area contributed by atoms with Crippen molar-refractivity contribution in [1.29, 1.82) is 0 Å². The lowest BCUT2D eigenvalue weighted by molar-refractivity contribution is 0.0465.